The molecule has 0 aliphatic heterocycles. The molecule has 0 spiro atoms. The molecule has 0 saturated carbocycles. The molecule has 184 valence electrons. The van der Waals surface area contributed by atoms with Gasteiger partial charge in [-0.2, -0.15) is 0 Å². The summed E-state index contributed by atoms with van der Waals surface area (Å²) < 4.78 is 13.2. The number of ether oxygens (including phenoxy) is 2. The highest BCUT2D eigenvalue weighted by atomic mass is 16.5. The average Bonchev–Trinajstić information content (AvgIpc) is 3.44. The van der Waals surface area contributed by atoms with Gasteiger partial charge in [0.1, 0.15) is 6.61 Å². The summed E-state index contributed by atoms with van der Waals surface area (Å²) in [5, 5.41) is 5.73. The summed E-state index contributed by atoms with van der Waals surface area (Å²) in [6, 6.07) is 16.1. The van der Waals surface area contributed by atoms with Crippen LogP contribution in [-0.4, -0.2) is 33.5 Å². The Morgan fingerprint density at radius 1 is 0.944 bits per heavy atom. The van der Waals surface area contributed by atoms with Crippen LogP contribution in [0.4, 0.5) is 5.69 Å². The lowest BCUT2D eigenvalue weighted by molar-refractivity contribution is -0.116. The van der Waals surface area contributed by atoms with E-state index in [1.807, 2.05) is 34.9 Å². The predicted octanol–water partition coefficient (Wildman–Crippen LogP) is 3.82. The zero-order valence-corrected chi connectivity index (χ0v) is 19.9. The number of methoxy groups -OCH3 is 1. The lowest BCUT2D eigenvalue weighted by Crippen LogP contribution is -2.23. The topological polar surface area (TPSA) is 107 Å². The van der Waals surface area contributed by atoms with E-state index in [0.29, 0.717) is 48.9 Å². The molecule has 2 N–H and O–H groups in total. The van der Waals surface area contributed by atoms with Gasteiger partial charge >= 0.3 is 0 Å². The molecule has 0 aliphatic rings. The molecular weight excluding hydrogens is 458 g/mol. The van der Waals surface area contributed by atoms with E-state index in [1.54, 1.807) is 62.5 Å². The number of hydrogen-bond donors (Lipinski definition) is 2. The highest BCUT2D eigenvalue weighted by Gasteiger charge is 2.10. The number of hydrogen-bond acceptors (Lipinski definition) is 6. The number of aromatic nitrogens is 3. The van der Waals surface area contributed by atoms with Gasteiger partial charge in [-0.15, -0.1) is 0 Å². The quantitative estimate of drug-likeness (QED) is 0.334. The second-order valence-corrected chi connectivity index (χ2v) is 7.99. The van der Waals surface area contributed by atoms with Crippen LogP contribution in [0.2, 0.25) is 0 Å². The van der Waals surface area contributed by atoms with E-state index >= 15 is 0 Å². The molecule has 2 heterocycles. The number of benzene rings is 2. The number of pyridine rings is 1. The second-order valence-electron chi connectivity index (χ2n) is 7.99. The molecule has 0 fully saturated rings. The molecule has 2 aromatic heterocycles. The highest BCUT2D eigenvalue weighted by Crippen LogP contribution is 2.29. The SMILES string of the molecule is COc1cc(CNC(=O)c2cccc(NC(=O)CCn3ccnc3)c2)ccc1OCc1ccncc1. The first kappa shape index (κ1) is 24.5. The van der Waals surface area contributed by atoms with Crippen molar-refractivity contribution in [1.29, 1.82) is 0 Å². The van der Waals surface area contributed by atoms with Gasteiger partial charge in [0.05, 0.1) is 13.4 Å². The summed E-state index contributed by atoms with van der Waals surface area (Å²) >= 11 is 0. The van der Waals surface area contributed by atoms with Crippen molar-refractivity contribution >= 4 is 17.5 Å². The zero-order valence-electron chi connectivity index (χ0n) is 19.9. The van der Waals surface area contributed by atoms with Gasteiger partial charge in [0.2, 0.25) is 5.91 Å². The molecule has 0 radical (unpaired) electrons. The van der Waals surface area contributed by atoms with Crippen LogP contribution >= 0.6 is 0 Å². The molecule has 2 amide bonds. The smallest absolute Gasteiger partial charge is 0.251 e. The van der Waals surface area contributed by atoms with Crippen LogP contribution in [0.1, 0.15) is 27.9 Å². The summed E-state index contributed by atoms with van der Waals surface area (Å²) in [6.07, 6.45) is 8.87. The normalized spacial score (nSPS) is 10.5. The fraction of sp³-hybridized carbons (Fsp3) is 0.185. The summed E-state index contributed by atoms with van der Waals surface area (Å²) in [5.74, 6) is 0.804. The van der Waals surface area contributed by atoms with Crippen molar-refractivity contribution in [3.8, 4) is 11.5 Å². The Hall–Kier alpha value is -4.66. The van der Waals surface area contributed by atoms with E-state index in [1.165, 1.54) is 0 Å². The second kappa shape index (κ2) is 12.2. The van der Waals surface area contributed by atoms with Crippen molar-refractivity contribution in [1.82, 2.24) is 19.9 Å². The van der Waals surface area contributed by atoms with Crippen LogP contribution in [0, 0.1) is 0 Å². The molecule has 9 heteroatoms. The Balaban J connectivity index is 1.30. The Kier molecular flexibility index (Phi) is 8.27. The molecule has 4 rings (SSSR count). The monoisotopic (exact) mass is 485 g/mol. The van der Waals surface area contributed by atoms with Crippen molar-refractivity contribution in [3.63, 3.8) is 0 Å². The predicted molar refractivity (Wildman–Crippen MR) is 135 cm³/mol. The highest BCUT2D eigenvalue weighted by molar-refractivity contribution is 5.97. The van der Waals surface area contributed by atoms with Crippen LogP contribution in [-0.2, 0) is 24.5 Å². The molecule has 0 saturated heterocycles. The molecule has 0 unspecified atom stereocenters. The summed E-state index contributed by atoms with van der Waals surface area (Å²) in [5.41, 5.74) is 2.88. The van der Waals surface area contributed by atoms with Gasteiger partial charge < -0.3 is 24.7 Å². The van der Waals surface area contributed by atoms with E-state index in [4.69, 9.17) is 9.47 Å². The molecule has 0 bridgehead atoms. The maximum Gasteiger partial charge on any atom is 0.251 e. The number of nitrogens with one attached hydrogen (secondary N) is 2. The van der Waals surface area contributed by atoms with Gasteiger partial charge in [-0.3, -0.25) is 14.6 Å². The minimum absolute atomic E-state index is 0.139. The lowest BCUT2D eigenvalue weighted by Gasteiger charge is -2.13. The zero-order chi connectivity index (χ0) is 25.2. The fourth-order valence-corrected chi connectivity index (χ4v) is 3.48. The first-order valence-electron chi connectivity index (χ1n) is 11.4. The van der Waals surface area contributed by atoms with Crippen molar-refractivity contribution in [2.75, 3.05) is 12.4 Å². The number of carbonyl (C=O) groups is 2. The molecule has 36 heavy (non-hydrogen) atoms. The molecule has 4 aromatic rings. The number of rotatable bonds is 11. The van der Waals surface area contributed by atoms with Gasteiger partial charge in [0.25, 0.3) is 5.91 Å². The number of imidazole rings is 1. The van der Waals surface area contributed by atoms with Crippen LogP contribution in [0.15, 0.2) is 85.7 Å². The van der Waals surface area contributed by atoms with Crippen molar-refractivity contribution < 1.29 is 19.1 Å². The van der Waals surface area contributed by atoms with Crippen molar-refractivity contribution in [2.45, 2.75) is 26.1 Å². The van der Waals surface area contributed by atoms with E-state index in [9.17, 15) is 9.59 Å². The van der Waals surface area contributed by atoms with Gasteiger partial charge in [-0.25, -0.2) is 4.98 Å². The minimum Gasteiger partial charge on any atom is -0.493 e. The summed E-state index contributed by atoms with van der Waals surface area (Å²) in [4.78, 5) is 32.9. The van der Waals surface area contributed by atoms with Gasteiger partial charge in [-0.1, -0.05) is 12.1 Å². The minimum atomic E-state index is -0.249. The standard InChI is InChI=1S/C27H27N5O4/c1-35-25-15-21(5-6-24(25)36-18-20-7-10-28-11-8-20)17-30-27(34)22-3-2-4-23(16-22)31-26(33)9-13-32-14-12-29-19-32/h2-8,10-12,14-16,19H,9,13,17-18H2,1H3,(H,30,34)(H,31,33). The molecule has 0 atom stereocenters. The van der Waals surface area contributed by atoms with E-state index in [0.717, 1.165) is 11.1 Å². The van der Waals surface area contributed by atoms with E-state index in [2.05, 4.69) is 20.6 Å². The molecule has 2 aromatic carbocycles. The number of nitrogens with zero attached hydrogens (tertiary/aromatic N) is 3. The van der Waals surface area contributed by atoms with Gasteiger partial charge in [0.15, 0.2) is 11.5 Å². The Morgan fingerprint density at radius 2 is 1.81 bits per heavy atom. The molecule has 0 aliphatic carbocycles. The summed E-state index contributed by atoms with van der Waals surface area (Å²) in [7, 11) is 1.58. The number of amides is 2. The third-order valence-electron chi connectivity index (χ3n) is 5.39. The van der Waals surface area contributed by atoms with Crippen LogP contribution < -0.4 is 20.1 Å². The van der Waals surface area contributed by atoms with E-state index in [-0.39, 0.29) is 11.8 Å². The van der Waals surface area contributed by atoms with Gasteiger partial charge in [0, 0.05) is 55.5 Å². The summed E-state index contributed by atoms with van der Waals surface area (Å²) in [6.45, 7) is 1.23. The number of anilines is 1. The Morgan fingerprint density at radius 3 is 2.58 bits per heavy atom. The van der Waals surface area contributed by atoms with Crippen LogP contribution in [0.3, 0.4) is 0 Å². The Bertz CT molecular complexity index is 1290. The van der Waals surface area contributed by atoms with Gasteiger partial charge in [-0.05, 0) is 53.6 Å². The first-order valence-corrected chi connectivity index (χ1v) is 11.4. The average molecular weight is 486 g/mol. The lowest BCUT2D eigenvalue weighted by atomic mass is 10.1. The van der Waals surface area contributed by atoms with Crippen molar-refractivity contribution in [3.05, 3.63) is 102 Å². The van der Waals surface area contributed by atoms with Crippen molar-refractivity contribution in [2.24, 2.45) is 0 Å². The maximum absolute atomic E-state index is 12.7. The third kappa shape index (κ3) is 6.92. The Labute approximate surface area is 209 Å². The fourth-order valence-electron chi connectivity index (χ4n) is 3.48. The molecular formula is C27H27N5O4. The van der Waals surface area contributed by atoms with Crippen LogP contribution in [0.5, 0.6) is 11.5 Å². The molecule has 9 nitrogen and oxygen atoms in total. The van der Waals surface area contributed by atoms with Crippen LogP contribution in [0.25, 0.3) is 0 Å². The first-order chi connectivity index (χ1) is 17.6. The van der Waals surface area contributed by atoms with E-state index < -0.39 is 0 Å². The largest absolute Gasteiger partial charge is 0.493 e. The number of carbonyl (C=O) groups excluding carboxylic acids is 2. The third-order valence-corrected chi connectivity index (χ3v) is 5.39. The maximum atomic E-state index is 12.7. The number of aryl methyl sites for hydroxylation is 1.